The molecule has 22 heavy (non-hydrogen) atoms. The fourth-order valence-corrected chi connectivity index (χ4v) is 2.11. The molecule has 0 radical (unpaired) electrons. The van der Waals surface area contributed by atoms with Gasteiger partial charge in [-0.2, -0.15) is 0 Å². The molecule has 0 aliphatic heterocycles. The Morgan fingerprint density at radius 2 is 1.86 bits per heavy atom. The van der Waals surface area contributed by atoms with E-state index in [0.717, 1.165) is 0 Å². The van der Waals surface area contributed by atoms with E-state index in [1.54, 1.807) is 38.4 Å². The van der Waals surface area contributed by atoms with Gasteiger partial charge < -0.3 is 14.1 Å². The molecule has 0 spiro atoms. The van der Waals surface area contributed by atoms with Crippen molar-refractivity contribution in [1.29, 1.82) is 0 Å². The zero-order valence-corrected chi connectivity index (χ0v) is 13.3. The molecular weight excluding hydrogens is 306 g/mol. The van der Waals surface area contributed by atoms with Crippen molar-refractivity contribution in [3.63, 3.8) is 0 Å². The molecule has 0 unspecified atom stereocenters. The second-order valence-electron chi connectivity index (χ2n) is 4.92. The van der Waals surface area contributed by atoms with Crippen molar-refractivity contribution in [1.82, 2.24) is 4.90 Å². The Bertz CT molecular complexity index is 693. The van der Waals surface area contributed by atoms with Crippen LogP contribution in [0.15, 0.2) is 40.8 Å². The Kier molecular flexibility index (Phi) is 4.88. The molecule has 0 fully saturated rings. The van der Waals surface area contributed by atoms with E-state index >= 15 is 0 Å². The van der Waals surface area contributed by atoms with Crippen LogP contribution in [0.3, 0.4) is 0 Å². The molecule has 0 bridgehead atoms. The number of furan rings is 1. The molecule has 2 rings (SSSR count). The predicted molar refractivity (Wildman–Crippen MR) is 82.7 cm³/mol. The highest BCUT2D eigenvalue weighted by molar-refractivity contribution is 6.33. The molecule has 0 aliphatic rings. The molecule has 1 atom stereocenters. The number of ether oxygens (including phenoxy) is 1. The fraction of sp³-hybridized carbons (Fsp3) is 0.250. The summed E-state index contributed by atoms with van der Waals surface area (Å²) in [7, 11) is 3.18. The Morgan fingerprint density at radius 3 is 2.50 bits per heavy atom. The average molecular weight is 322 g/mol. The van der Waals surface area contributed by atoms with E-state index < -0.39 is 12.1 Å². The summed E-state index contributed by atoms with van der Waals surface area (Å²) in [5.74, 6) is -0.510. The number of halogens is 1. The number of carbonyl (C=O) groups is 2. The molecule has 1 aromatic carbocycles. The average Bonchev–Trinajstić information content (AvgIpc) is 2.96. The van der Waals surface area contributed by atoms with Gasteiger partial charge in [0.25, 0.3) is 5.91 Å². The number of hydrogen-bond acceptors (Lipinski definition) is 4. The second-order valence-corrected chi connectivity index (χ2v) is 5.33. The minimum Gasteiger partial charge on any atom is -0.449 e. The number of rotatable bonds is 4. The molecular formula is C16H16ClNO4. The Balaban J connectivity index is 2.13. The van der Waals surface area contributed by atoms with Crippen molar-refractivity contribution in [3.05, 3.63) is 47.2 Å². The van der Waals surface area contributed by atoms with Crippen LogP contribution in [-0.4, -0.2) is 37.0 Å². The Hall–Kier alpha value is -2.27. The highest BCUT2D eigenvalue weighted by atomic mass is 35.5. The number of benzene rings is 1. The van der Waals surface area contributed by atoms with E-state index in [1.807, 2.05) is 6.07 Å². The summed E-state index contributed by atoms with van der Waals surface area (Å²) in [6.07, 6.45) is -0.878. The van der Waals surface area contributed by atoms with Crippen molar-refractivity contribution in [2.45, 2.75) is 13.0 Å². The minimum absolute atomic E-state index is 0.0216. The van der Waals surface area contributed by atoms with Gasteiger partial charge in [-0.1, -0.05) is 23.7 Å². The molecule has 116 valence electrons. The maximum absolute atomic E-state index is 12.0. The lowest BCUT2D eigenvalue weighted by Crippen LogP contribution is -2.34. The van der Waals surface area contributed by atoms with Gasteiger partial charge in [-0.15, -0.1) is 0 Å². The van der Waals surface area contributed by atoms with E-state index in [4.69, 9.17) is 20.8 Å². The van der Waals surface area contributed by atoms with Crippen LogP contribution in [0.1, 0.15) is 17.5 Å². The molecule has 1 aromatic heterocycles. The van der Waals surface area contributed by atoms with E-state index in [1.165, 1.54) is 17.9 Å². The number of amides is 1. The third-order valence-electron chi connectivity index (χ3n) is 3.02. The summed E-state index contributed by atoms with van der Waals surface area (Å²) in [5, 5.41) is 0.521. The molecule has 0 saturated carbocycles. The van der Waals surface area contributed by atoms with Gasteiger partial charge in [-0.3, -0.25) is 4.79 Å². The standard InChI is InChI=1S/C16H16ClNO4/c1-10(15(19)18(2)3)21-16(20)14-9-8-13(22-14)11-6-4-5-7-12(11)17/h4-10H,1-3H3/t10-/m0/s1. The van der Waals surface area contributed by atoms with Crippen molar-refractivity contribution in [2.24, 2.45) is 0 Å². The highest BCUT2D eigenvalue weighted by Gasteiger charge is 2.22. The first-order valence-electron chi connectivity index (χ1n) is 6.67. The summed E-state index contributed by atoms with van der Waals surface area (Å²) in [4.78, 5) is 25.0. The molecule has 2 aromatic rings. The molecule has 5 nitrogen and oxygen atoms in total. The molecule has 0 saturated heterocycles. The smallest absolute Gasteiger partial charge is 0.375 e. The lowest BCUT2D eigenvalue weighted by molar-refractivity contribution is -0.137. The predicted octanol–water partition coefficient (Wildman–Crippen LogP) is 3.23. The maximum atomic E-state index is 12.0. The lowest BCUT2D eigenvalue weighted by Gasteiger charge is -2.16. The summed E-state index contributed by atoms with van der Waals surface area (Å²) >= 11 is 6.08. The van der Waals surface area contributed by atoms with Gasteiger partial charge in [0.2, 0.25) is 5.76 Å². The van der Waals surface area contributed by atoms with Gasteiger partial charge in [0.1, 0.15) is 5.76 Å². The van der Waals surface area contributed by atoms with Crippen LogP contribution in [0.25, 0.3) is 11.3 Å². The summed E-state index contributed by atoms with van der Waals surface area (Å²) in [6.45, 7) is 1.51. The first-order chi connectivity index (χ1) is 10.4. The number of likely N-dealkylation sites (N-methyl/N-ethyl adjacent to an activating group) is 1. The Labute approximate surface area is 133 Å². The topological polar surface area (TPSA) is 59.8 Å². The molecule has 1 amide bonds. The highest BCUT2D eigenvalue weighted by Crippen LogP contribution is 2.29. The van der Waals surface area contributed by atoms with Gasteiger partial charge in [0.15, 0.2) is 6.10 Å². The molecule has 0 N–H and O–H groups in total. The zero-order valence-electron chi connectivity index (χ0n) is 12.5. The summed E-state index contributed by atoms with van der Waals surface area (Å²) in [6, 6.07) is 10.3. The Morgan fingerprint density at radius 1 is 1.18 bits per heavy atom. The minimum atomic E-state index is -0.878. The van der Waals surface area contributed by atoms with Gasteiger partial charge >= 0.3 is 5.97 Å². The van der Waals surface area contributed by atoms with Crippen molar-refractivity contribution in [2.75, 3.05) is 14.1 Å². The number of hydrogen-bond donors (Lipinski definition) is 0. The molecule has 6 heteroatoms. The lowest BCUT2D eigenvalue weighted by atomic mass is 10.2. The largest absolute Gasteiger partial charge is 0.449 e. The second kappa shape index (κ2) is 6.66. The monoisotopic (exact) mass is 321 g/mol. The first-order valence-corrected chi connectivity index (χ1v) is 7.05. The molecule has 0 aliphatic carbocycles. The van der Waals surface area contributed by atoms with Crippen LogP contribution >= 0.6 is 11.6 Å². The van der Waals surface area contributed by atoms with E-state index in [0.29, 0.717) is 16.3 Å². The molecule has 1 heterocycles. The van der Waals surface area contributed by atoms with Crippen LogP contribution in [-0.2, 0) is 9.53 Å². The van der Waals surface area contributed by atoms with Crippen molar-refractivity contribution >= 4 is 23.5 Å². The summed E-state index contributed by atoms with van der Waals surface area (Å²) < 4.78 is 10.6. The van der Waals surface area contributed by atoms with Crippen LogP contribution in [0, 0.1) is 0 Å². The fourth-order valence-electron chi connectivity index (χ4n) is 1.89. The normalized spacial score (nSPS) is 11.8. The third kappa shape index (κ3) is 3.49. The quantitative estimate of drug-likeness (QED) is 0.811. The zero-order chi connectivity index (χ0) is 16.3. The van der Waals surface area contributed by atoms with Gasteiger partial charge in [-0.25, -0.2) is 4.79 Å². The van der Waals surface area contributed by atoms with Crippen molar-refractivity contribution in [3.8, 4) is 11.3 Å². The van der Waals surface area contributed by atoms with E-state index in [9.17, 15) is 9.59 Å². The third-order valence-corrected chi connectivity index (χ3v) is 3.35. The van der Waals surface area contributed by atoms with Gasteiger partial charge in [0.05, 0.1) is 5.02 Å². The number of esters is 1. The van der Waals surface area contributed by atoms with E-state index in [2.05, 4.69) is 0 Å². The maximum Gasteiger partial charge on any atom is 0.375 e. The van der Waals surface area contributed by atoms with Crippen LogP contribution in [0.5, 0.6) is 0 Å². The van der Waals surface area contributed by atoms with Gasteiger partial charge in [0, 0.05) is 19.7 Å². The number of carbonyl (C=O) groups excluding carboxylic acids is 2. The van der Waals surface area contributed by atoms with Crippen molar-refractivity contribution < 1.29 is 18.7 Å². The SMILES string of the molecule is C[C@H](OC(=O)c1ccc(-c2ccccc2Cl)o1)C(=O)N(C)C. The van der Waals surface area contributed by atoms with E-state index in [-0.39, 0.29) is 11.7 Å². The van der Waals surface area contributed by atoms with Crippen LogP contribution in [0.4, 0.5) is 0 Å². The number of nitrogens with zero attached hydrogens (tertiary/aromatic N) is 1. The van der Waals surface area contributed by atoms with Crippen LogP contribution in [0.2, 0.25) is 5.02 Å². The first kappa shape index (κ1) is 16.1. The van der Waals surface area contributed by atoms with Crippen LogP contribution < -0.4 is 0 Å². The van der Waals surface area contributed by atoms with Gasteiger partial charge in [-0.05, 0) is 31.2 Å². The summed E-state index contributed by atoms with van der Waals surface area (Å²) in [5.41, 5.74) is 0.681.